The molecular formula is C58H37N5. The Morgan fingerprint density at radius 1 is 0.238 bits per heavy atom. The third kappa shape index (κ3) is 5.57. The Morgan fingerprint density at radius 2 is 0.619 bits per heavy atom. The highest BCUT2D eigenvalue weighted by molar-refractivity contribution is 6.20. The second-order valence-corrected chi connectivity index (χ2v) is 16.2. The molecule has 0 aliphatic rings. The number of aromatic nitrogens is 5. The lowest BCUT2D eigenvalue weighted by Crippen LogP contribution is -2.03. The van der Waals surface area contributed by atoms with Crippen LogP contribution in [0.4, 0.5) is 0 Å². The first-order valence-corrected chi connectivity index (χ1v) is 21.4. The average molecular weight is 804 g/mol. The SMILES string of the molecule is c1ccc(-c2cc(-c3ccccc3)nc(-n3c4ccccc4c4cc(-c5ccc6c(c5)c5cc7c8ccccc8n(-c8ccccc8)c7cc5n6-c5ccccc5)ccc43)n2)cc1. The summed E-state index contributed by atoms with van der Waals surface area (Å²) in [5, 5.41) is 7.23. The first kappa shape index (κ1) is 35.2. The minimum atomic E-state index is 0.643. The average Bonchev–Trinajstić information content (AvgIpc) is 3.99. The fraction of sp³-hybridized carbons (Fsp3) is 0. The van der Waals surface area contributed by atoms with E-state index in [0.717, 1.165) is 66.8 Å². The molecule has 0 unspecified atom stereocenters. The van der Waals surface area contributed by atoms with E-state index in [1.54, 1.807) is 0 Å². The topological polar surface area (TPSA) is 40.6 Å². The van der Waals surface area contributed by atoms with Gasteiger partial charge in [-0.15, -0.1) is 0 Å². The monoisotopic (exact) mass is 803 g/mol. The molecule has 294 valence electrons. The van der Waals surface area contributed by atoms with Gasteiger partial charge in [-0.25, -0.2) is 9.97 Å². The van der Waals surface area contributed by atoms with E-state index in [-0.39, 0.29) is 0 Å². The van der Waals surface area contributed by atoms with Crippen molar-refractivity contribution in [3.8, 4) is 51.0 Å². The van der Waals surface area contributed by atoms with Crippen molar-refractivity contribution < 1.29 is 0 Å². The minimum absolute atomic E-state index is 0.643. The van der Waals surface area contributed by atoms with Crippen LogP contribution in [0, 0.1) is 0 Å². The Kier molecular flexibility index (Phi) is 7.84. The fourth-order valence-electron chi connectivity index (χ4n) is 9.79. The van der Waals surface area contributed by atoms with E-state index in [9.17, 15) is 0 Å². The van der Waals surface area contributed by atoms with E-state index in [2.05, 4.69) is 226 Å². The zero-order valence-electron chi connectivity index (χ0n) is 34.1. The van der Waals surface area contributed by atoms with Crippen molar-refractivity contribution in [1.29, 1.82) is 0 Å². The second kappa shape index (κ2) is 14.0. The van der Waals surface area contributed by atoms with Gasteiger partial charge in [0.25, 0.3) is 0 Å². The molecule has 0 fully saturated rings. The Morgan fingerprint density at radius 3 is 1.14 bits per heavy atom. The lowest BCUT2D eigenvalue weighted by molar-refractivity contribution is 0.995. The van der Waals surface area contributed by atoms with Gasteiger partial charge >= 0.3 is 0 Å². The van der Waals surface area contributed by atoms with Gasteiger partial charge in [-0.3, -0.25) is 4.57 Å². The Balaban J connectivity index is 1.03. The highest BCUT2D eigenvalue weighted by Crippen LogP contribution is 2.42. The molecule has 4 heterocycles. The van der Waals surface area contributed by atoms with Crippen LogP contribution in [0.1, 0.15) is 0 Å². The molecule has 4 aromatic heterocycles. The number of rotatable bonds is 6. The summed E-state index contributed by atoms with van der Waals surface area (Å²) in [7, 11) is 0. The highest BCUT2D eigenvalue weighted by Gasteiger charge is 2.21. The maximum Gasteiger partial charge on any atom is 0.235 e. The first-order valence-electron chi connectivity index (χ1n) is 21.4. The molecule has 13 rings (SSSR count). The Hall–Kier alpha value is -8.54. The van der Waals surface area contributed by atoms with Crippen molar-refractivity contribution in [3.05, 3.63) is 224 Å². The predicted octanol–water partition coefficient (Wildman–Crippen LogP) is 14.8. The number of nitrogens with zero attached hydrogens (tertiary/aromatic N) is 5. The molecule has 13 aromatic rings. The molecule has 0 aliphatic heterocycles. The Bertz CT molecular complexity index is 3820. The molecule has 0 saturated carbocycles. The number of hydrogen-bond donors (Lipinski definition) is 0. The van der Waals surface area contributed by atoms with Gasteiger partial charge in [-0.2, -0.15) is 0 Å². The molecule has 0 atom stereocenters. The van der Waals surface area contributed by atoms with Gasteiger partial charge in [0.2, 0.25) is 5.95 Å². The van der Waals surface area contributed by atoms with Crippen LogP contribution in [0.3, 0.4) is 0 Å². The normalized spacial score (nSPS) is 11.8. The third-order valence-corrected chi connectivity index (χ3v) is 12.6. The summed E-state index contributed by atoms with van der Waals surface area (Å²) < 4.78 is 7.05. The summed E-state index contributed by atoms with van der Waals surface area (Å²) in [5.74, 6) is 0.643. The molecular weight excluding hydrogens is 767 g/mol. The quantitative estimate of drug-likeness (QED) is 0.168. The molecule has 0 aliphatic carbocycles. The van der Waals surface area contributed by atoms with Crippen LogP contribution in [-0.4, -0.2) is 23.7 Å². The molecule has 9 aromatic carbocycles. The molecule has 0 saturated heterocycles. The molecule has 0 spiro atoms. The zero-order chi connectivity index (χ0) is 41.4. The van der Waals surface area contributed by atoms with Crippen molar-refractivity contribution in [1.82, 2.24) is 23.7 Å². The van der Waals surface area contributed by atoms with Crippen LogP contribution in [0.15, 0.2) is 224 Å². The number of hydrogen-bond acceptors (Lipinski definition) is 2. The van der Waals surface area contributed by atoms with Crippen LogP contribution in [0.5, 0.6) is 0 Å². The van der Waals surface area contributed by atoms with Crippen LogP contribution < -0.4 is 0 Å². The molecule has 5 heteroatoms. The molecule has 0 bridgehead atoms. The summed E-state index contributed by atoms with van der Waals surface area (Å²) >= 11 is 0. The van der Waals surface area contributed by atoms with Gasteiger partial charge in [0.15, 0.2) is 0 Å². The summed E-state index contributed by atoms with van der Waals surface area (Å²) in [6, 6.07) is 80.3. The largest absolute Gasteiger partial charge is 0.309 e. The molecule has 0 N–H and O–H groups in total. The Labute approximate surface area is 363 Å². The van der Waals surface area contributed by atoms with Crippen molar-refractivity contribution in [2.24, 2.45) is 0 Å². The van der Waals surface area contributed by atoms with Crippen LogP contribution >= 0.6 is 0 Å². The lowest BCUT2D eigenvalue weighted by atomic mass is 10.00. The first-order chi connectivity index (χ1) is 31.2. The lowest BCUT2D eigenvalue weighted by Gasteiger charge is -2.12. The van der Waals surface area contributed by atoms with E-state index >= 15 is 0 Å². The molecule has 0 radical (unpaired) electrons. The molecule has 63 heavy (non-hydrogen) atoms. The number of para-hydroxylation sites is 4. The standard InChI is InChI=1S/C58H37N5/c1-5-17-38(18-6-1)50-36-51(39-19-7-2-8-20-39)60-58(59-50)63-53-28-16-14-25-44(53)46-33-40(30-32-55(46)63)41-29-31-54-47(34-41)49-35-48-45-26-13-15-27-52(45)61(42-21-9-3-10-22-42)56(48)37-57(49)62(54)43-23-11-4-12-24-43/h1-37H. The van der Waals surface area contributed by atoms with Crippen LogP contribution in [-0.2, 0) is 0 Å². The number of fused-ring (bicyclic) bond motifs is 9. The van der Waals surface area contributed by atoms with Gasteiger partial charge in [0.1, 0.15) is 0 Å². The van der Waals surface area contributed by atoms with E-state index < -0.39 is 0 Å². The molecule has 5 nitrogen and oxygen atoms in total. The smallest absolute Gasteiger partial charge is 0.235 e. The van der Waals surface area contributed by atoms with E-state index in [0.29, 0.717) is 5.95 Å². The second-order valence-electron chi connectivity index (χ2n) is 16.2. The summed E-state index contributed by atoms with van der Waals surface area (Å²) in [5.41, 5.74) is 15.3. The van der Waals surface area contributed by atoms with E-state index in [4.69, 9.17) is 9.97 Å². The van der Waals surface area contributed by atoms with Crippen molar-refractivity contribution in [2.75, 3.05) is 0 Å². The van der Waals surface area contributed by atoms with E-state index in [1.807, 2.05) is 12.1 Å². The summed E-state index contributed by atoms with van der Waals surface area (Å²) in [6.07, 6.45) is 0. The maximum absolute atomic E-state index is 5.25. The van der Waals surface area contributed by atoms with Crippen LogP contribution in [0.2, 0.25) is 0 Å². The van der Waals surface area contributed by atoms with Crippen molar-refractivity contribution in [2.45, 2.75) is 0 Å². The van der Waals surface area contributed by atoms with E-state index in [1.165, 1.54) is 43.6 Å². The van der Waals surface area contributed by atoms with Gasteiger partial charge in [-0.1, -0.05) is 146 Å². The minimum Gasteiger partial charge on any atom is -0.309 e. The van der Waals surface area contributed by atoms with Gasteiger partial charge in [0.05, 0.1) is 44.5 Å². The van der Waals surface area contributed by atoms with Crippen molar-refractivity contribution >= 4 is 65.4 Å². The highest BCUT2D eigenvalue weighted by atomic mass is 15.2. The zero-order valence-corrected chi connectivity index (χ0v) is 34.1. The maximum atomic E-state index is 5.25. The van der Waals surface area contributed by atoms with Gasteiger partial charge in [0, 0.05) is 54.8 Å². The predicted molar refractivity (Wildman–Crippen MR) is 261 cm³/mol. The summed E-state index contributed by atoms with van der Waals surface area (Å²) in [6.45, 7) is 0. The van der Waals surface area contributed by atoms with Crippen molar-refractivity contribution in [3.63, 3.8) is 0 Å². The fourth-order valence-corrected chi connectivity index (χ4v) is 9.79. The third-order valence-electron chi connectivity index (χ3n) is 12.6. The van der Waals surface area contributed by atoms with Gasteiger partial charge in [-0.05, 0) is 90.0 Å². The van der Waals surface area contributed by atoms with Gasteiger partial charge < -0.3 is 9.13 Å². The number of benzene rings is 9. The summed E-state index contributed by atoms with van der Waals surface area (Å²) in [4.78, 5) is 10.5. The van der Waals surface area contributed by atoms with Crippen LogP contribution in [0.25, 0.3) is 116 Å². The molecule has 0 amide bonds.